The van der Waals surface area contributed by atoms with Gasteiger partial charge in [0.1, 0.15) is 13.6 Å². The molecule has 0 spiro atoms. The number of hydrogen-bond acceptors (Lipinski definition) is 0. The third-order valence-electron chi connectivity index (χ3n) is 5.51. The fourth-order valence-electron chi connectivity index (χ4n) is 3.90. The van der Waals surface area contributed by atoms with Crippen LogP contribution in [0.1, 0.15) is 37.5 Å². The zero-order chi connectivity index (χ0) is 19.4. The molecule has 3 rings (SSSR count). The van der Waals surface area contributed by atoms with E-state index in [1.807, 2.05) is 6.20 Å². The van der Waals surface area contributed by atoms with Gasteiger partial charge >= 0.3 is 0 Å². The van der Waals surface area contributed by atoms with Crippen molar-refractivity contribution < 1.29 is 9.15 Å². The van der Waals surface area contributed by atoms with E-state index in [0.29, 0.717) is 0 Å². The molecule has 1 aliphatic rings. The molecular weight excluding hydrogens is 328 g/mol. The summed E-state index contributed by atoms with van der Waals surface area (Å²) in [6.07, 6.45) is 9.53. The molecule has 138 valence electrons. The van der Waals surface area contributed by atoms with Gasteiger partial charge in [-0.05, 0) is 45.4 Å². The van der Waals surface area contributed by atoms with Crippen molar-refractivity contribution in [1.29, 1.82) is 0 Å². The number of para-hydroxylation sites is 1. The third kappa shape index (κ3) is 3.71. The van der Waals surface area contributed by atoms with Crippen LogP contribution in [0.2, 0.25) is 0 Å². The van der Waals surface area contributed by atoms with Crippen molar-refractivity contribution in [1.82, 2.24) is 0 Å². The molecule has 0 aliphatic carbocycles. The van der Waals surface area contributed by atoms with Gasteiger partial charge in [0.2, 0.25) is 5.69 Å². The largest absolute Gasteiger partial charge is 0.209 e. The summed E-state index contributed by atoms with van der Waals surface area (Å²) < 4.78 is 4.43. The maximum atomic E-state index is 3.89. The molecule has 0 unspecified atom stereocenters. The molecule has 2 aromatic rings. The topological polar surface area (TPSA) is 6.02 Å². The second-order valence-electron chi connectivity index (χ2n) is 7.53. The van der Waals surface area contributed by atoms with Crippen LogP contribution in [0.25, 0.3) is 0 Å². The molecule has 2 nitrogen and oxygen atoms in total. The van der Waals surface area contributed by atoms with Gasteiger partial charge in [-0.2, -0.15) is 4.58 Å². The quantitative estimate of drug-likeness (QED) is 0.501. The lowest BCUT2D eigenvalue weighted by molar-refractivity contribution is -0.446. The first-order valence-corrected chi connectivity index (χ1v) is 9.67. The van der Waals surface area contributed by atoms with Crippen molar-refractivity contribution in [3.63, 3.8) is 0 Å². The highest BCUT2D eigenvalue weighted by Gasteiger charge is 2.42. The summed E-state index contributed by atoms with van der Waals surface area (Å²) in [4.78, 5) is 0. The first-order chi connectivity index (χ1) is 13.0. The predicted molar refractivity (Wildman–Crippen MR) is 116 cm³/mol. The number of nitrogens with zero attached hydrogens (tertiary/aromatic N) is 2. The fourth-order valence-corrected chi connectivity index (χ4v) is 3.90. The highest BCUT2D eigenvalue weighted by molar-refractivity contribution is 6.03. The van der Waals surface area contributed by atoms with Crippen molar-refractivity contribution in [3.8, 4) is 0 Å². The molecular formula is C25H30N2+2. The molecule has 0 saturated carbocycles. The minimum Gasteiger partial charge on any atom is -0.205 e. The van der Waals surface area contributed by atoms with Crippen molar-refractivity contribution in [2.45, 2.75) is 32.6 Å². The smallest absolute Gasteiger partial charge is 0.205 e. The molecule has 0 aromatic heterocycles. The van der Waals surface area contributed by atoms with Crippen molar-refractivity contribution in [3.05, 3.63) is 90.2 Å². The number of fused-ring (bicyclic) bond motifs is 1. The molecule has 0 N–H and O–H groups in total. The van der Waals surface area contributed by atoms with Gasteiger partial charge in [-0.1, -0.05) is 42.5 Å². The van der Waals surface area contributed by atoms with Gasteiger partial charge in [0, 0.05) is 23.3 Å². The SMILES string of the molecule is C=C/[N+](=C\c1ccccc1C/C=C/C1=[N+](C)c2ccccc2C1(C)C)CC. The lowest BCUT2D eigenvalue weighted by atomic mass is 9.81. The van der Waals surface area contributed by atoms with E-state index in [9.17, 15) is 0 Å². The third-order valence-corrected chi connectivity index (χ3v) is 5.51. The molecule has 1 aliphatic heterocycles. The molecule has 0 fully saturated rings. The van der Waals surface area contributed by atoms with E-state index < -0.39 is 0 Å². The summed E-state index contributed by atoms with van der Waals surface area (Å²) in [6.45, 7) is 11.6. The number of rotatable bonds is 6. The first-order valence-electron chi connectivity index (χ1n) is 9.67. The summed E-state index contributed by atoms with van der Waals surface area (Å²) >= 11 is 0. The highest BCUT2D eigenvalue weighted by atomic mass is 15.0. The van der Waals surface area contributed by atoms with Crippen LogP contribution in [-0.2, 0) is 11.8 Å². The van der Waals surface area contributed by atoms with Crippen LogP contribution in [0.4, 0.5) is 5.69 Å². The summed E-state index contributed by atoms with van der Waals surface area (Å²) in [5.41, 5.74) is 6.63. The molecule has 27 heavy (non-hydrogen) atoms. The van der Waals surface area contributed by atoms with Crippen molar-refractivity contribution in [2.75, 3.05) is 13.6 Å². The van der Waals surface area contributed by atoms with Crippen LogP contribution in [0, 0.1) is 0 Å². The standard InChI is InChI=1S/C25H30N2/c1-6-27(7-2)19-21-14-9-8-13-20(21)15-12-18-24-25(3,4)22-16-10-11-17-23(22)26(24)5/h6,8-14,16-19H,1,7,15H2,2-5H3/q+2/b18-12+,27-19+. The Kier molecular flexibility index (Phi) is 5.55. The Morgan fingerprint density at radius 2 is 1.78 bits per heavy atom. The Morgan fingerprint density at radius 3 is 2.48 bits per heavy atom. The normalized spacial score (nSPS) is 16.1. The van der Waals surface area contributed by atoms with Crippen LogP contribution in [0.5, 0.6) is 0 Å². The molecule has 0 radical (unpaired) electrons. The van der Waals surface area contributed by atoms with E-state index in [4.69, 9.17) is 0 Å². The molecule has 1 heterocycles. The molecule has 2 heteroatoms. The summed E-state index contributed by atoms with van der Waals surface area (Å²) in [7, 11) is 2.16. The second kappa shape index (κ2) is 7.87. The van der Waals surface area contributed by atoms with Gasteiger partial charge in [-0.25, -0.2) is 4.58 Å². The van der Waals surface area contributed by atoms with Crippen molar-refractivity contribution >= 4 is 17.6 Å². The van der Waals surface area contributed by atoms with Gasteiger partial charge in [0.05, 0.1) is 5.41 Å². The molecule has 0 atom stereocenters. The summed E-state index contributed by atoms with van der Waals surface area (Å²) in [5, 5.41) is 0. The first kappa shape index (κ1) is 19.0. The Morgan fingerprint density at radius 1 is 1.07 bits per heavy atom. The predicted octanol–water partition coefficient (Wildman–Crippen LogP) is 5.09. The second-order valence-corrected chi connectivity index (χ2v) is 7.53. The van der Waals surface area contributed by atoms with Crippen LogP contribution in [0.15, 0.2) is 73.5 Å². The van der Waals surface area contributed by atoms with E-state index in [1.165, 1.54) is 28.1 Å². The van der Waals surface area contributed by atoms with Gasteiger partial charge < -0.3 is 0 Å². The Balaban J connectivity index is 1.87. The van der Waals surface area contributed by atoms with Gasteiger partial charge in [0.25, 0.3) is 0 Å². The number of benzene rings is 2. The van der Waals surface area contributed by atoms with Crippen LogP contribution in [0.3, 0.4) is 0 Å². The zero-order valence-corrected chi connectivity index (χ0v) is 16.9. The molecule has 0 saturated heterocycles. The summed E-state index contributed by atoms with van der Waals surface area (Å²) in [5.74, 6) is 0. The highest BCUT2D eigenvalue weighted by Crippen LogP contribution is 2.38. The Hall–Kier alpha value is -2.74. The average Bonchev–Trinajstić information content (AvgIpc) is 2.88. The van der Waals surface area contributed by atoms with E-state index >= 15 is 0 Å². The lowest BCUT2D eigenvalue weighted by Gasteiger charge is -2.15. The van der Waals surface area contributed by atoms with Gasteiger partial charge in [-0.3, -0.25) is 0 Å². The van der Waals surface area contributed by atoms with E-state index in [-0.39, 0.29) is 5.41 Å². The average molecular weight is 359 g/mol. The fraction of sp³-hybridized carbons (Fsp3) is 0.280. The van der Waals surface area contributed by atoms with Gasteiger partial charge in [0.15, 0.2) is 18.1 Å². The molecule has 0 amide bonds. The Bertz CT molecular complexity index is 942. The molecule has 2 aromatic carbocycles. The Labute approximate surface area is 163 Å². The van der Waals surface area contributed by atoms with Crippen LogP contribution >= 0.6 is 0 Å². The zero-order valence-electron chi connectivity index (χ0n) is 16.9. The lowest BCUT2D eigenvalue weighted by Crippen LogP contribution is -2.26. The maximum Gasteiger partial charge on any atom is 0.209 e. The number of allylic oxidation sites excluding steroid dienone is 2. The molecule has 0 bridgehead atoms. The summed E-state index contributed by atoms with van der Waals surface area (Å²) in [6, 6.07) is 17.3. The van der Waals surface area contributed by atoms with Gasteiger partial charge in [-0.15, -0.1) is 0 Å². The van der Waals surface area contributed by atoms with E-state index in [1.54, 1.807) is 0 Å². The van der Waals surface area contributed by atoms with Crippen LogP contribution in [-0.4, -0.2) is 34.7 Å². The van der Waals surface area contributed by atoms with Crippen LogP contribution < -0.4 is 0 Å². The monoisotopic (exact) mass is 358 g/mol. The minimum atomic E-state index is 0.0232. The van der Waals surface area contributed by atoms with E-state index in [2.05, 4.69) is 110 Å². The minimum absolute atomic E-state index is 0.0232. The number of hydrogen-bond donors (Lipinski definition) is 0. The van der Waals surface area contributed by atoms with E-state index in [0.717, 1.165) is 13.0 Å². The van der Waals surface area contributed by atoms with Crippen molar-refractivity contribution in [2.24, 2.45) is 0 Å². The maximum absolute atomic E-state index is 3.89.